The van der Waals surface area contributed by atoms with E-state index in [0.29, 0.717) is 11.3 Å². The molecule has 1 unspecified atom stereocenters. The average molecular weight is 373 g/mol. The summed E-state index contributed by atoms with van der Waals surface area (Å²) in [6.45, 7) is 2.11. The number of amides is 2. The standard InChI is InChI=1S/C23H23N3O2/c1-17(18-8-4-2-5-9-18)25-23(28)19-12-14-21(15-13-19)26-22(27)16-24-20-10-6-3-7-11-20/h2-15,17,24H,16H2,1H3,(H,25,28)(H,26,27). The van der Waals surface area contributed by atoms with E-state index < -0.39 is 0 Å². The first-order valence-electron chi connectivity index (χ1n) is 9.16. The van der Waals surface area contributed by atoms with Gasteiger partial charge in [0.25, 0.3) is 5.91 Å². The fraction of sp³-hybridized carbons (Fsp3) is 0.130. The van der Waals surface area contributed by atoms with E-state index in [-0.39, 0.29) is 24.4 Å². The SMILES string of the molecule is CC(NC(=O)c1ccc(NC(=O)CNc2ccccc2)cc1)c1ccccc1. The number of hydrogen-bond donors (Lipinski definition) is 3. The number of para-hydroxylation sites is 1. The van der Waals surface area contributed by atoms with Crippen molar-refractivity contribution in [3.63, 3.8) is 0 Å². The van der Waals surface area contributed by atoms with Crippen LogP contribution in [0.3, 0.4) is 0 Å². The van der Waals surface area contributed by atoms with Gasteiger partial charge in [-0.25, -0.2) is 0 Å². The maximum absolute atomic E-state index is 12.4. The van der Waals surface area contributed by atoms with E-state index >= 15 is 0 Å². The zero-order chi connectivity index (χ0) is 19.8. The lowest BCUT2D eigenvalue weighted by atomic mass is 10.1. The molecule has 2 amide bonds. The third kappa shape index (κ3) is 5.45. The Bertz CT molecular complexity index is 910. The molecular formula is C23H23N3O2. The molecule has 0 heterocycles. The Hall–Kier alpha value is -3.60. The number of carbonyl (C=O) groups excluding carboxylic acids is 2. The van der Waals surface area contributed by atoms with Gasteiger partial charge in [0.2, 0.25) is 5.91 Å². The third-order valence-corrected chi connectivity index (χ3v) is 4.30. The molecule has 0 aliphatic heterocycles. The lowest BCUT2D eigenvalue weighted by Crippen LogP contribution is -2.26. The Morgan fingerprint density at radius 3 is 2.04 bits per heavy atom. The summed E-state index contributed by atoms with van der Waals surface area (Å²) in [6, 6.07) is 26.1. The maximum atomic E-state index is 12.4. The molecule has 3 N–H and O–H groups in total. The Kier molecular flexibility index (Phi) is 6.41. The van der Waals surface area contributed by atoms with Crippen LogP contribution in [0.25, 0.3) is 0 Å². The van der Waals surface area contributed by atoms with Gasteiger partial charge >= 0.3 is 0 Å². The number of nitrogens with one attached hydrogen (secondary N) is 3. The molecule has 0 aliphatic rings. The summed E-state index contributed by atoms with van der Waals surface area (Å²) in [5.41, 5.74) is 3.12. The fourth-order valence-electron chi connectivity index (χ4n) is 2.75. The van der Waals surface area contributed by atoms with Gasteiger partial charge in [0, 0.05) is 16.9 Å². The van der Waals surface area contributed by atoms with E-state index in [1.165, 1.54) is 0 Å². The van der Waals surface area contributed by atoms with Crippen LogP contribution in [0.5, 0.6) is 0 Å². The van der Waals surface area contributed by atoms with Crippen molar-refractivity contribution in [2.75, 3.05) is 17.2 Å². The van der Waals surface area contributed by atoms with Crippen molar-refractivity contribution >= 4 is 23.2 Å². The number of carbonyl (C=O) groups is 2. The number of hydrogen-bond acceptors (Lipinski definition) is 3. The second kappa shape index (κ2) is 9.37. The first-order chi connectivity index (χ1) is 13.6. The largest absolute Gasteiger partial charge is 0.376 e. The molecule has 142 valence electrons. The normalized spacial score (nSPS) is 11.3. The first kappa shape index (κ1) is 19.2. The van der Waals surface area contributed by atoms with Crippen LogP contribution in [0.15, 0.2) is 84.9 Å². The molecule has 1 atom stereocenters. The fourth-order valence-corrected chi connectivity index (χ4v) is 2.75. The van der Waals surface area contributed by atoms with Crippen LogP contribution >= 0.6 is 0 Å². The molecular weight excluding hydrogens is 350 g/mol. The van der Waals surface area contributed by atoms with Crippen molar-refractivity contribution in [1.82, 2.24) is 5.32 Å². The van der Waals surface area contributed by atoms with Gasteiger partial charge in [0.1, 0.15) is 0 Å². The predicted octanol–water partition coefficient (Wildman–Crippen LogP) is 4.23. The van der Waals surface area contributed by atoms with E-state index in [9.17, 15) is 9.59 Å². The highest BCUT2D eigenvalue weighted by Gasteiger charge is 2.11. The van der Waals surface area contributed by atoms with Crippen LogP contribution in [0.1, 0.15) is 28.9 Å². The first-order valence-corrected chi connectivity index (χ1v) is 9.16. The third-order valence-electron chi connectivity index (χ3n) is 4.30. The summed E-state index contributed by atoms with van der Waals surface area (Å²) >= 11 is 0. The molecule has 3 rings (SSSR count). The molecule has 0 bridgehead atoms. The van der Waals surface area contributed by atoms with E-state index in [2.05, 4.69) is 16.0 Å². The van der Waals surface area contributed by atoms with E-state index in [4.69, 9.17) is 0 Å². The summed E-state index contributed by atoms with van der Waals surface area (Å²) in [6.07, 6.45) is 0. The minimum atomic E-state index is -0.154. The zero-order valence-corrected chi connectivity index (χ0v) is 15.7. The van der Waals surface area contributed by atoms with E-state index in [0.717, 1.165) is 11.3 Å². The van der Waals surface area contributed by atoms with Crippen molar-refractivity contribution in [1.29, 1.82) is 0 Å². The Morgan fingerprint density at radius 2 is 1.39 bits per heavy atom. The molecule has 5 nitrogen and oxygen atoms in total. The van der Waals surface area contributed by atoms with Crippen LogP contribution in [0.4, 0.5) is 11.4 Å². The monoisotopic (exact) mass is 373 g/mol. The molecule has 0 fully saturated rings. The Balaban J connectivity index is 1.51. The van der Waals surface area contributed by atoms with Crippen LogP contribution in [-0.2, 0) is 4.79 Å². The summed E-state index contributed by atoms with van der Waals surface area (Å²) in [5.74, 6) is -0.307. The summed E-state index contributed by atoms with van der Waals surface area (Å²) in [5, 5.41) is 8.84. The van der Waals surface area contributed by atoms with Crippen molar-refractivity contribution in [3.05, 3.63) is 96.1 Å². The second-order valence-electron chi connectivity index (χ2n) is 6.45. The molecule has 0 radical (unpaired) electrons. The quantitative estimate of drug-likeness (QED) is 0.580. The van der Waals surface area contributed by atoms with Crippen molar-refractivity contribution in [2.45, 2.75) is 13.0 Å². The van der Waals surface area contributed by atoms with E-state index in [1.54, 1.807) is 24.3 Å². The van der Waals surface area contributed by atoms with Gasteiger partial charge in [0.05, 0.1) is 12.6 Å². The lowest BCUT2D eigenvalue weighted by Gasteiger charge is -2.14. The molecule has 0 saturated heterocycles. The summed E-state index contributed by atoms with van der Waals surface area (Å²) in [7, 11) is 0. The summed E-state index contributed by atoms with van der Waals surface area (Å²) in [4.78, 5) is 24.5. The number of anilines is 2. The highest BCUT2D eigenvalue weighted by molar-refractivity contribution is 5.96. The minimum absolute atomic E-state index is 0.0860. The van der Waals surface area contributed by atoms with Crippen molar-refractivity contribution in [2.24, 2.45) is 0 Å². The van der Waals surface area contributed by atoms with Crippen LogP contribution < -0.4 is 16.0 Å². The summed E-state index contributed by atoms with van der Waals surface area (Å²) < 4.78 is 0. The molecule has 3 aromatic rings. The molecule has 0 aromatic heterocycles. The molecule has 0 saturated carbocycles. The van der Waals surface area contributed by atoms with Gasteiger partial charge in [-0.1, -0.05) is 48.5 Å². The Labute approximate surface area is 164 Å². The van der Waals surface area contributed by atoms with Gasteiger partial charge in [-0.05, 0) is 48.9 Å². The minimum Gasteiger partial charge on any atom is -0.376 e. The van der Waals surface area contributed by atoms with Crippen LogP contribution in [0, 0.1) is 0 Å². The second-order valence-corrected chi connectivity index (χ2v) is 6.45. The van der Waals surface area contributed by atoms with Gasteiger partial charge in [-0.2, -0.15) is 0 Å². The topological polar surface area (TPSA) is 70.2 Å². The van der Waals surface area contributed by atoms with Gasteiger partial charge in [-0.3, -0.25) is 9.59 Å². The van der Waals surface area contributed by atoms with Gasteiger partial charge in [-0.15, -0.1) is 0 Å². The van der Waals surface area contributed by atoms with Gasteiger partial charge < -0.3 is 16.0 Å². The Morgan fingerprint density at radius 1 is 0.786 bits per heavy atom. The smallest absolute Gasteiger partial charge is 0.251 e. The van der Waals surface area contributed by atoms with Gasteiger partial charge in [0.15, 0.2) is 0 Å². The van der Waals surface area contributed by atoms with Crippen LogP contribution in [0.2, 0.25) is 0 Å². The number of benzene rings is 3. The average Bonchev–Trinajstić information content (AvgIpc) is 2.74. The number of rotatable bonds is 7. The molecule has 3 aromatic carbocycles. The predicted molar refractivity (Wildman–Crippen MR) is 112 cm³/mol. The highest BCUT2D eigenvalue weighted by atomic mass is 16.2. The maximum Gasteiger partial charge on any atom is 0.251 e. The zero-order valence-electron chi connectivity index (χ0n) is 15.7. The molecule has 0 spiro atoms. The van der Waals surface area contributed by atoms with Crippen molar-refractivity contribution < 1.29 is 9.59 Å². The lowest BCUT2D eigenvalue weighted by molar-refractivity contribution is -0.114. The van der Waals surface area contributed by atoms with Crippen LogP contribution in [-0.4, -0.2) is 18.4 Å². The van der Waals surface area contributed by atoms with E-state index in [1.807, 2.05) is 67.6 Å². The molecule has 28 heavy (non-hydrogen) atoms. The highest BCUT2D eigenvalue weighted by Crippen LogP contribution is 2.14. The molecule has 0 aliphatic carbocycles. The molecule has 5 heteroatoms. The van der Waals surface area contributed by atoms with Crippen molar-refractivity contribution in [3.8, 4) is 0 Å².